The van der Waals surface area contributed by atoms with Crippen molar-refractivity contribution in [2.45, 2.75) is 4.90 Å². The van der Waals surface area contributed by atoms with E-state index in [-0.39, 0.29) is 4.90 Å². The molecule has 1 aromatic heterocycles. The van der Waals surface area contributed by atoms with E-state index in [9.17, 15) is 8.42 Å². The van der Waals surface area contributed by atoms with Crippen LogP contribution in [0.5, 0.6) is 5.75 Å². The number of pyridine rings is 1. The highest BCUT2D eigenvalue weighted by Crippen LogP contribution is 2.23. The molecule has 0 aliphatic rings. The fraction of sp³-hybridized carbons (Fsp3) is 0.154. The third-order valence-corrected chi connectivity index (χ3v) is 4.03. The van der Waals surface area contributed by atoms with Crippen LogP contribution < -0.4 is 14.8 Å². The first kappa shape index (κ1) is 14.1. The number of aromatic nitrogens is 1. The molecule has 0 spiro atoms. The van der Waals surface area contributed by atoms with Gasteiger partial charge in [0, 0.05) is 19.3 Å². The fourth-order valence-electron chi connectivity index (χ4n) is 1.69. The van der Waals surface area contributed by atoms with Gasteiger partial charge in [-0.25, -0.2) is 13.4 Å². The lowest BCUT2D eigenvalue weighted by atomic mass is 10.3. The lowest BCUT2D eigenvalue weighted by Crippen LogP contribution is -2.15. The van der Waals surface area contributed by atoms with E-state index in [1.54, 1.807) is 37.4 Å². The minimum absolute atomic E-state index is 0.0883. The van der Waals surface area contributed by atoms with E-state index in [1.165, 1.54) is 19.4 Å². The number of rotatable bonds is 5. The molecule has 0 saturated carbocycles. The summed E-state index contributed by atoms with van der Waals surface area (Å²) in [7, 11) is -0.572. The van der Waals surface area contributed by atoms with E-state index in [0.717, 1.165) is 0 Å². The largest absolute Gasteiger partial charge is 0.497 e. The van der Waals surface area contributed by atoms with Gasteiger partial charge in [-0.05, 0) is 24.3 Å². The van der Waals surface area contributed by atoms with Crippen LogP contribution in [-0.2, 0) is 10.0 Å². The minimum Gasteiger partial charge on any atom is -0.497 e. The Labute approximate surface area is 117 Å². The molecule has 106 valence electrons. The quantitative estimate of drug-likeness (QED) is 0.880. The molecular formula is C13H15N3O3S. The van der Waals surface area contributed by atoms with Gasteiger partial charge in [0.2, 0.25) is 0 Å². The van der Waals surface area contributed by atoms with Crippen LogP contribution in [0, 0.1) is 0 Å². The average molecular weight is 293 g/mol. The zero-order valence-electron chi connectivity index (χ0n) is 11.1. The molecule has 1 heterocycles. The Morgan fingerprint density at radius 1 is 1.20 bits per heavy atom. The van der Waals surface area contributed by atoms with Gasteiger partial charge in [0.25, 0.3) is 10.0 Å². The first-order chi connectivity index (χ1) is 9.56. The van der Waals surface area contributed by atoms with Crippen LogP contribution in [0.1, 0.15) is 0 Å². The third-order valence-electron chi connectivity index (χ3n) is 2.62. The number of nitrogens with one attached hydrogen (secondary N) is 2. The molecule has 2 aromatic rings. The highest BCUT2D eigenvalue weighted by Gasteiger charge is 2.19. The van der Waals surface area contributed by atoms with Gasteiger partial charge in [0.15, 0.2) is 0 Å². The van der Waals surface area contributed by atoms with E-state index in [4.69, 9.17) is 4.74 Å². The summed E-state index contributed by atoms with van der Waals surface area (Å²) >= 11 is 0. The lowest BCUT2D eigenvalue weighted by Gasteiger charge is -2.11. The monoisotopic (exact) mass is 293 g/mol. The summed E-state index contributed by atoms with van der Waals surface area (Å²) in [5, 5.41) is 2.76. The number of anilines is 2. The predicted octanol–water partition coefficient (Wildman–Crippen LogP) is 1.93. The molecule has 1 aromatic carbocycles. The Bertz CT molecular complexity index is 702. The van der Waals surface area contributed by atoms with Crippen molar-refractivity contribution in [3.05, 3.63) is 42.6 Å². The van der Waals surface area contributed by atoms with Crippen LogP contribution >= 0.6 is 0 Å². The van der Waals surface area contributed by atoms with E-state index in [1.807, 2.05) is 0 Å². The predicted molar refractivity (Wildman–Crippen MR) is 77.6 cm³/mol. The molecule has 0 bridgehead atoms. The maximum atomic E-state index is 12.3. The molecule has 2 N–H and O–H groups in total. The Morgan fingerprint density at radius 2 is 2.00 bits per heavy atom. The molecule has 2 rings (SSSR count). The van der Waals surface area contributed by atoms with Crippen LogP contribution in [-0.4, -0.2) is 27.6 Å². The SMILES string of the molecule is CNc1ncccc1S(=O)(=O)Nc1cccc(OC)c1. The fourth-order valence-corrected chi connectivity index (χ4v) is 2.91. The van der Waals surface area contributed by atoms with E-state index >= 15 is 0 Å². The van der Waals surface area contributed by atoms with Gasteiger partial charge in [-0.15, -0.1) is 0 Å². The summed E-state index contributed by atoms with van der Waals surface area (Å²) in [6.45, 7) is 0. The molecule has 0 unspecified atom stereocenters. The van der Waals surface area contributed by atoms with E-state index < -0.39 is 10.0 Å². The van der Waals surface area contributed by atoms with Gasteiger partial charge >= 0.3 is 0 Å². The molecular weight excluding hydrogens is 278 g/mol. The van der Waals surface area contributed by atoms with E-state index in [0.29, 0.717) is 17.3 Å². The molecule has 20 heavy (non-hydrogen) atoms. The Balaban J connectivity index is 2.35. The highest BCUT2D eigenvalue weighted by molar-refractivity contribution is 7.92. The molecule has 0 amide bonds. The summed E-state index contributed by atoms with van der Waals surface area (Å²) in [5.41, 5.74) is 0.426. The molecule has 0 radical (unpaired) electrons. The smallest absolute Gasteiger partial charge is 0.265 e. The summed E-state index contributed by atoms with van der Waals surface area (Å²) in [4.78, 5) is 4.07. The molecule has 7 heteroatoms. The number of hydrogen-bond acceptors (Lipinski definition) is 5. The molecule has 0 saturated heterocycles. The van der Waals surface area contributed by atoms with E-state index in [2.05, 4.69) is 15.0 Å². The molecule has 6 nitrogen and oxygen atoms in total. The Hall–Kier alpha value is -2.28. The van der Waals surface area contributed by atoms with Gasteiger partial charge in [0.05, 0.1) is 12.8 Å². The normalized spacial score (nSPS) is 10.9. The van der Waals surface area contributed by atoms with Crippen molar-refractivity contribution in [2.24, 2.45) is 0 Å². The highest BCUT2D eigenvalue weighted by atomic mass is 32.2. The van der Waals surface area contributed by atoms with Crippen molar-refractivity contribution in [1.82, 2.24) is 4.98 Å². The summed E-state index contributed by atoms with van der Waals surface area (Å²) < 4.78 is 32.3. The molecule has 0 aliphatic carbocycles. The molecule has 0 fully saturated rings. The van der Waals surface area contributed by atoms with Crippen molar-refractivity contribution in [3.8, 4) is 5.75 Å². The number of sulfonamides is 1. The van der Waals surface area contributed by atoms with Gasteiger partial charge in [-0.1, -0.05) is 6.07 Å². The summed E-state index contributed by atoms with van der Waals surface area (Å²) in [5.74, 6) is 0.869. The lowest BCUT2D eigenvalue weighted by molar-refractivity contribution is 0.415. The van der Waals surface area contributed by atoms with Gasteiger partial charge in [-0.2, -0.15) is 0 Å². The number of benzene rings is 1. The molecule has 0 aliphatic heterocycles. The maximum absolute atomic E-state index is 12.3. The van der Waals surface area contributed by atoms with Crippen LogP contribution in [0.25, 0.3) is 0 Å². The summed E-state index contributed by atoms with van der Waals surface area (Å²) in [6, 6.07) is 9.75. The third kappa shape index (κ3) is 3.00. The zero-order chi connectivity index (χ0) is 14.6. The first-order valence-electron chi connectivity index (χ1n) is 5.86. The van der Waals surface area contributed by atoms with Crippen LogP contribution in [0.4, 0.5) is 11.5 Å². The number of nitrogens with zero attached hydrogens (tertiary/aromatic N) is 1. The van der Waals surface area contributed by atoms with Crippen LogP contribution in [0.2, 0.25) is 0 Å². The van der Waals surface area contributed by atoms with Crippen molar-refractivity contribution >= 4 is 21.5 Å². The van der Waals surface area contributed by atoms with Crippen molar-refractivity contribution in [1.29, 1.82) is 0 Å². The van der Waals surface area contributed by atoms with Gasteiger partial charge < -0.3 is 10.1 Å². The second-order valence-corrected chi connectivity index (χ2v) is 5.59. The Kier molecular flexibility index (Phi) is 4.09. The van der Waals surface area contributed by atoms with Crippen LogP contribution in [0.3, 0.4) is 0 Å². The summed E-state index contributed by atoms with van der Waals surface area (Å²) in [6.07, 6.45) is 1.52. The maximum Gasteiger partial charge on any atom is 0.265 e. The molecule has 0 atom stereocenters. The first-order valence-corrected chi connectivity index (χ1v) is 7.35. The second kappa shape index (κ2) is 5.79. The second-order valence-electron chi connectivity index (χ2n) is 3.94. The zero-order valence-corrected chi connectivity index (χ0v) is 11.9. The standard InChI is InChI=1S/C13H15N3O3S/c1-14-13-12(7-4-8-15-13)20(17,18)16-10-5-3-6-11(9-10)19-2/h3-9,16H,1-2H3,(H,14,15). The van der Waals surface area contributed by atoms with Crippen molar-refractivity contribution < 1.29 is 13.2 Å². The van der Waals surface area contributed by atoms with Crippen molar-refractivity contribution in [3.63, 3.8) is 0 Å². The number of hydrogen-bond donors (Lipinski definition) is 2. The van der Waals surface area contributed by atoms with Crippen LogP contribution in [0.15, 0.2) is 47.5 Å². The van der Waals surface area contributed by atoms with Crippen molar-refractivity contribution in [2.75, 3.05) is 24.2 Å². The topological polar surface area (TPSA) is 80.3 Å². The number of ether oxygens (including phenoxy) is 1. The average Bonchev–Trinajstić information content (AvgIpc) is 2.47. The number of methoxy groups -OCH3 is 1. The van der Waals surface area contributed by atoms with Gasteiger partial charge in [-0.3, -0.25) is 4.72 Å². The van der Waals surface area contributed by atoms with Gasteiger partial charge in [0.1, 0.15) is 16.5 Å². The minimum atomic E-state index is -3.71. The Morgan fingerprint density at radius 3 is 2.70 bits per heavy atom.